The molecule has 250 valence electrons. The summed E-state index contributed by atoms with van der Waals surface area (Å²) in [7, 11) is 4.16. The molecule has 3 aromatic carbocycles. The van der Waals surface area contributed by atoms with E-state index in [-0.39, 0.29) is 23.6 Å². The van der Waals surface area contributed by atoms with Crippen molar-refractivity contribution in [3.63, 3.8) is 0 Å². The normalized spacial score (nSPS) is 16.5. The Kier molecular flexibility index (Phi) is 10.5. The lowest BCUT2D eigenvalue weighted by molar-refractivity contribution is -0.123. The van der Waals surface area contributed by atoms with Crippen LogP contribution in [0, 0.1) is 11.8 Å². The summed E-state index contributed by atoms with van der Waals surface area (Å²) >= 11 is 7.75. The number of aromatic amines is 1. The molecule has 5 aromatic rings. The van der Waals surface area contributed by atoms with Gasteiger partial charge in [-0.05, 0) is 98.6 Å². The fourth-order valence-electron chi connectivity index (χ4n) is 6.91. The summed E-state index contributed by atoms with van der Waals surface area (Å²) in [4.78, 5) is 46.8. The maximum atomic E-state index is 13.2. The number of nitrogens with two attached hydrogens (primary N) is 1. The van der Waals surface area contributed by atoms with E-state index in [0.29, 0.717) is 38.3 Å². The third-order valence-electron chi connectivity index (χ3n) is 9.31. The molecule has 2 aromatic heterocycles. The van der Waals surface area contributed by atoms with Crippen LogP contribution in [0.25, 0.3) is 21.0 Å². The van der Waals surface area contributed by atoms with Crippen molar-refractivity contribution in [1.82, 2.24) is 14.8 Å². The molecule has 0 radical (unpaired) electrons. The van der Waals surface area contributed by atoms with Gasteiger partial charge in [-0.15, -0.1) is 11.3 Å². The number of amides is 3. The van der Waals surface area contributed by atoms with Crippen LogP contribution in [-0.2, 0) is 22.4 Å². The Morgan fingerprint density at radius 3 is 2.50 bits per heavy atom. The standard InChI is InChI=1S/C23H26ClN3O.C15H16N2O2S/c1-26(2)14-16-11-18-12-19(24)8-9-22(18)27(15-16)23(28)10-7-17-13-25-21-6-4-3-5-20(17)21;16-14(18)10-5-7-17(8-6-10)15(19)13-9-11-3-1-2-4-12(11)20-13/h3-6,8-9,12-13,16,25H,7,10-11,14-15H2,1-2H3;1-4,9-10H,5-8H2,(H2,16,18). The van der Waals surface area contributed by atoms with Crippen molar-refractivity contribution in [3.8, 4) is 0 Å². The number of hydrogen-bond acceptors (Lipinski definition) is 5. The molecule has 2 aliphatic rings. The third-order valence-corrected chi connectivity index (χ3v) is 10.6. The molecule has 1 atom stereocenters. The highest BCUT2D eigenvalue weighted by Crippen LogP contribution is 2.33. The predicted octanol–water partition coefficient (Wildman–Crippen LogP) is 6.76. The summed E-state index contributed by atoms with van der Waals surface area (Å²) in [5, 5.41) is 3.04. The molecule has 2 aliphatic heterocycles. The molecule has 7 rings (SSSR count). The van der Waals surface area contributed by atoms with E-state index < -0.39 is 0 Å². The van der Waals surface area contributed by atoms with Gasteiger partial charge >= 0.3 is 0 Å². The highest BCUT2D eigenvalue weighted by molar-refractivity contribution is 7.20. The van der Waals surface area contributed by atoms with Crippen molar-refractivity contribution in [3.05, 3.63) is 100 Å². The van der Waals surface area contributed by atoms with Crippen LogP contribution < -0.4 is 10.6 Å². The molecule has 4 heterocycles. The van der Waals surface area contributed by atoms with Gasteiger partial charge in [0.2, 0.25) is 11.8 Å². The number of H-pyrrole nitrogens is 1. The number of anilines is 1. The molecule has 3 N–H and O–H groups in total. The van der Waals surface area contributed by atoms with E-state index in [1.165, 1.54) is 27.8 Å². The van der Waals surface area contributed by atoms with Gasteiger partial charge in [0.15, 0.2) is 0 Å². The van der Waals surface area contributed by atoms with E-state index in [4.69, 9.17) is 17.3 Å². The molecule has 3 amide bonds. The van der Waals surface area contributed by atoms with E-state index >= 15 is 0 Å². The minimum absolute atomic E-state index is 0.0640. The first-order chi connectivity index (χ1) is 23.2. The fraction of sp³-hybridized carbons (Fsp3) is 0.342. The smallest absolute Gasteiger partial charge is 0.263 e. The predicted molar refractivity (Wildman–Crippen MR) is 196 cm³/mol. The number of halogens is 1. The lowest BCUT2D eigenvalue weighted by Gasteiger charge is -2.36. The van der Waals surface area contributed by atoms with Crippen LogP contribution in [0.1, 0.15) is 40.1 Å². The number of nitrogens with zero attached hydrogens (tertiary/aromatic N) is 3. The Hall–Kier alpha value is -4.18. The number of thiophene rings is 1. The SMILES string of the molecule is CN(C)CC1Cc2cc(Cl)ccc2N(C(=O)CCc2c[nH]c3ccccc23)C1.NC(=O)C1CCN(C(=O)c2cc3ccccc3s2)CC1. The van der Waals surface area contributed by atoms with E-state index in [9.17, 15) is 14.4 Å². The first kappa shape index (κ1) is 33.7. The molecule has 0 saturated carbocycles. The van der Waals surface area contributed by atoms with Crippen LogP contribution in [-0.4, -0.2) is 72.8 Å². The monoisotopic (exact) mass is 683 g/mol. The number of aryl methyl sites for hydroxylation is 1. The number of rotatable bonds is 7. The van der Waals surface area contributed by atoms with Gasteiger partial charge in [-0.1, -0.05) is 48.0 Å². The largest absolute Gasteiger partial charge is 0.369 e. The average molecular weight is 684 g/mol. The number of likely N-dealkylation sites (tertiary alicyclic amines) is 1. The number of primary amides is 1. The molecule has 10 heteroatoms. The van der Waals surface area contributed by atoms with E-state index in [1.54, 1.807) is 0 Å². The lowest BCUT2D eigenvalue weighted by atomic mass is 9.91. The van der Waals surface area contributed by atoms with E-state index in [2.05, 4.69) is 36.1 Å². The highest BCUT2D eigenvalue weighted by Gasteiger charge is 2.29. The third kappa shape index (κ3) is 7.75. The molecule has 1 unspecified atom stereocenters. The number of hydrogen-bond donors (Lipinski definition) is 2. The van der Waals surface area contributed by atoms with Gasteiger partial charge in [0.1, 0.15) is 0 Å². The Morgan fingerprint density at radius 2 is 1.75 bits per heavy atom. The highest BCUT2D eigenvalue weighted by atomic mass is 35.5. The maximum absolute atomic E-state index is 13.2. The molecule has 0 aliphatic carbocycles. The van der Waals surface area contributed by atoms with Gasteiger partial charge in [-0.2, -0.15) is 0 Å². The van der Waals surface area contributed by atoms with Crippen LogP contribution in [0.4, 0.5) is 5.69 Å². The Bertz CT molecular complexity index is 1890. The zero-order chi connectivity index (χ0) is 33.8. The quantitative estimate of drug-likeness (QED) is 0.198. The summed E-state index contributed by atoms with van der Waals surface area (Å²) in [6.45, 7) is 2.94. The molecular weight excluding hydrogens is 642 g/mol. The van der Waals surface area contributed by atoms with Gasteiger partial charge in [0.05, 0.1) is 4.88 Å². The van der Waals surface area contributed by atoms with Crippen molar-refractivity contribution >= 4 is 67.3 Å². The van der Waals surface area contributed by atoms with Gasteiger partial charge in [0, 0.05) is 71.0 Å². The average Bonchev–Trinajstić information content (AvgIpc) is 3.71. The number of fused-ring (bicyclic) bond motifs is 3. The number of aromatic nitrogens is 1. The van der Waals surface area contributed by atoms with E-state index in [1.807, 2.05) is 76.7 Å². The maximum Gasteiger partial charge on any atom is 0.263 e. The van der Waals surface area contributed by atoms with Gasteiger partial charge in [-0.25, -0.2) is 0 Å². The molecule has 48 heavy (non-hydrogen) atoms. The summed E-state index contributed by atoms with van der Waals surface area (Å²) in [6.07, 6.45) is 5.56. The second-order valence-corrected chi connectivity index (χ2v) is 14.6. The fourth-order valence-corrected chi connectivity index (χ4v) is 8.14. The van der Waals surface area contributed by atoms with Gasteiger partial charge in [-0.3, -0.25) is 14.4 Å². The van der Waals surface area contributed by atoms with Crippen LogP contribution >= 0.6 is 22.9 Å². The van der Waals surface area contributed by atoms with Crippen molar-refractivity contribution in [2.24, 2.45) is 17.6 Å². The second-order valence-electron chi connectivity index (χ2n) is 13.1. The van der Waals surface area contributed by atoms with Crippen LogP contribution in [0.15, 0.2) is 79.0 Å². The van der Waals surface area contributed by atoms with Crippen LogP contribution in [0.5, 0.6) is 0 Å². The van der Waals surface area contributed by atoms with Crippen molar-refractivity contribution < 1.29 is 14.4 Å². The zero-order valence-corrected chi connectivity index (χ0v) is 29.0. The van der Waals surface area contributed by atoms with Crippen molar-refractivity contribution in [2.45, 2.75) is 32.1 Å². The first-order valence-electron chi connectivity index (χ1n) is 16.5. The molecule has 0 spiro atoms. The Balaban J connectivity index is 0.000000177. The van der Waals surface area contributed by atoms with Crippen LogP contribution in [0.2, 0.25) is 5.02 Å². The molecule has 1 saturated heterocycles. The minimum atomic E-state index is -0.251. The minimum Gasteiger partial charge on any atom is -0.369 e. The second kappa shape index (κ2) is 14.9. The molecule has 8 nitrogen and oxygen atoms in total. The van der Waals surface area contributed by atoms with Crippen molar-refractivity contribution in [2.75, 3.05) is 45.2 Å². The Morgan fingerprint density at radius 1 is 1.00 bits per heavy atom. The number of carbonyl (C=O) groups is 3. The number of para-hydroxylation sites is 1. The number of piperidine rings is 1. The van der Waals surface area contributed by atoms with Crippen LogP contribution in [0.3, 0.4) is 0 Å². The number of benzene rings is 3. The van der Waals surface area contributed by atoms with Gasteiger partial charge < -0.3 is 25.4 Å². The first-order valence-corrected chi connectivity index (χ1v) is 17.7. The summed E-state index contributed by atoms with van der Waals surface area (Å²) in [5.41, 5.74) is 9.82. The molecule has 1 fully saturated rings. The molecular formula is C38H42ClN5O3S. The lowest BCUT2D eigenvalue weighted by Crippen LogP contribution is -2.43. The topological polar surface area (TPSA) is 103 Å². The van der Waals surface area contributed by atoms with Gasteiger partial charge in [0.25, 0.3) is 5.91 Å². The number of carbonyl (C=O) groups excluding carboxylic acids is 3. The summed E-state index contributed by atoms with van der Waals surface area (Å²) in [5.74, 6) is 0.324. The molecule has 0 bridgehead atoms. The summed E-state index contributed by atoms with van der Waals surface area (Å²) < 4.78 is 1.13. The summed E-state index contributed by atoms with van der Waals surface area (Å²) in [6, 6.07) is 24.1. The Labute approximate surface area is 290 Å². The van der Waals surface area contributed by atoms with E-state index in [0.717, 1.165) is 57.1 Å². The zero-order valence-electron chi connectivity index (χ0n) is 27.5. The number of nitrogens with one attached hydrogen (secondary N) is 1. The van der Waals surface area contributed by atoms with Crippen molar-refractivity contribution in [1.29, 1.82) is 0 Å².